The van der Waals surface area contributed by atoms with Gasteiger partial charge in [-0.3, -0.25) is 4.79 Å². The summed E-state index contributed by atoms with van der Waals surface area (Å²) >= 11 is 1.50. The second kappa shape index (κ2) is 9.69. The van der Waals surface area contributed by atoms with Crippen LogP contribution >= 0.6 is 11.3 Å². The lowest BCUT2D eigenvalue weighted by Crippen LogP contribution is -2.26. The Labute approximate surface area is 188 Å². The lowest BCUT2D eigenvalue weighted by Gasteiger charge is -2.33. The van der Waals surface area contributed by atoms with E-state index in [1.165, 1.54) is 29.4 Å². The summed E-state index contributed by atoms with van der Waals surface area (Å²) in [5.74, 6) is 0.585. The van der Waals surface area contributed by atoms with Crippen molar-refractivity contribution in [3.8, 4) is 5.75 Å². The Morgan fingerprint density at radius 3 is 2.68 bits per heavy atom. The number of anilines is 1. The first-order valence-electron chi connectivity index (χ1n) is 10.7. The first-order chi connectivity index (χ1) is 14.7. The van der Waals surface area contributed by atoms with Crippen LogP contribution < -0.4 is 10.1 Å². The lowest BCUT2D eigenvalue weighted by molar-refractivity contribution is -0.111. The summed E-state index contributed by atoms with van der Waals surface area (Å²) in [6.45, 7) is 9.24. The molecule has 3 rings (SSSR count). The van der Waals surface area contributed by atoms with Gasteiger partial charge >= 0.3 is 5.97 Å². The molecule has 1 atom stereocenters. The van der Waals surface area contributed by atoms with Crippen molar-refractivity contribution < 1.29 is 19.1 Å². The van der Waals surface area contributed by atoms with Gasteiger partial charge in [0.05, 0.1) is 19.3 Å². The van der Waals surface area contributed by atoms with Gasteiger partial charge in [-0.1, -0.05) is 39.0 Å². The lowest BCUT2D eigenvalue weighted by atomic mass is 9.72. The number of nitrogens with one attached hydrogen (secondary N) is 1. The molecule has 1 aromatic carbocycles. The second-order valence-corrected chi connectivity index (χ2v) is 9.90. The number of para-hydroxylation sites is 1. The van der Waals surface area contributed by atoms with Gasteiger partial charge < -0.3 is 14.8 Å². The number of carbonyl (C=O) groups is 2. The summed E-state index contributed by atoms with van der Waals surface area (Å²) in [4.78, 5) is 26.4. The molecule has 0 bridgehead atoms. The molecule has 2 aromatic rings. The maximum absolute atomic E-state index is 12.7. The van der Waals surface area contributed by atoms with Gasteiger partial charge in [-0.25, -0.2) is 4.79 Å². The van der Waals surface area contributed by atoms with Gasteiger partial charge in [0.2, 0.25) is 5.91 Å². The van der Waals surface area contributed by atoms with Crippen LogP contribution in [0, 0.1) is 11.3 Å². The Bertz CT molecular complexity index is 984. The maximum atomic E-state index is 12.7. The minimum Gasteiger partial charge on any atom is -0.493 e. The Kier molecular flexibility index (Phi) is 7.21. The Hall–Kier alpha value is -2.60. The fourth-order valence-electron chi connectivity index (χ4n) is 3.96. The monoisotopic (exact) mass is 441 g/mol. The predicted molar refractivity (Wildman–Crippen MR) is 126 cm³/mol. The zero-order valence-corrected chi connectivity index (χ0v) is 19.7. The third-order valence-electron chi connectivity index (χ3n) is 5.75. The van der Waals surface area contributed by atoms with Gasteiger partial charge in [0.1, 0.15) is 10.8 Å². The average molecular weight is 442 g/mol. The van der Waals surface area contributed by atoms with Gasteiger partial charge in [-0.15, -0.1) is 11.3 Å². The molecule has 0 spiro atoms. The largest absolute Gasteiger partial charge is 0.493 e. The number of methoxy groups -OCH3 is 1. The molecular weight excluding hydrogens is 410 g/mol. The third-order valence-corrected chi connectivity index (χ3v) is 6.92. The van der Waals surface area contributed by atoms with Crippen molar-refractivity contribution in [3.05, 3.63) is 51.9 Å². The number of rotatable bonds is 6. The van der Waals surface area contributed by atoms with Crippen LogP contribution in [0.3, 0.4) is 0 Å². The molecule has 31 heavy (non-hydrogen) atoms. The topological polar surface area (TPSA) is 64.6 Å². The number of amides is 1. The smallest absolute Gasteiger partial charge is 0.341 e. The zero-order chi connectivity index (χ0) is 22.6. The summed E-state index contributed by atoms with van der Waals surface area (Å²) in [7, 11) is 1.38. The van der Waals surface area contributed by atoms with Gasteiger partial charge in [-0.05, 0) is 55.2 Å². The highest BCUT2D eigenvalue weighted by Crippen LogP contribution is 2.44. The molecule has 1 aromatic heterocycles. The van der Waals surface area contributed by atoms with E-state index in [1.807, 2.05) is 31.2 Å². The number of benzene rings is 1. The molecule has 0 saturated carbocycles. The van der Waals surface area contributed by atoms with E-state index in [0.29, 0.717) is 23.1 Å². The molecule has 0 radical (unpaired) electrons. The molecule has 1 aliphatic rings. The minimum atomic E-state index is -0.396. The maximum Gasteiger partial charge on any atom is 0.341 e. The average Bonchev–Trinajstić information content (AvgIpc) is 3.09. The summed E-state index contributed by atoms with van der Waals surface area (Å²) in [5.41, 5.74) is 2.56. The molecule has 1 unspecified atom stereocenters. The molecule has 5 nitrogen and oxygen atoms in total. The molecule has 166 valence electrons. The van der Waals surface area contributed by atoms with E-state index >= 15 is 0 Å². The van der Waals surface area contributed by atoms with Crippen LogP contribution in [0.4, 0.5) is 5.00 Å². The second-order valence-electron chi connectivity index (χ2n) is 8.80. The first kappa shape index (κ1) is 23.1. The molecule has 1 heterocycles. The van der Waals surface area contributed by atoms with Crippen LogP contribution in [0.2, 0.25) is 0 Å². The summed E-state index contributed by atoms with van der Waals surface area (Å²) < 4.78 is 10.6. The first-order valence-corrected chi connectivity index (χ1v) is 11.5. The van der Waals surface area contributed by atoms with Gasteiger partial charge in [0.15, 0.2) is 0 Å². The van der Waals surface area contributed by atoms with Crippen LogP contribution in [0.1, 0.15) is 60.5 Å². The van der Waals surface area contributed by atoms with Crippen molar-refractivity contribution in [1.82, 2.24) is 0 Å². The van der Waals surface area contributed by atoms with Crippen molar-refractivity contribution in [3.63, 3.8) is 0 Å². The number of carbonyl (C=O) groups excluding carboxylic acids is 2. The highest BCUT2D eigenvalue weighted by atomic mass is 32.1. The van der Waals surface area contributed by atoms with Gasteiger partial charge in [0, 0.05) is 16.5 Å². The van der Waals surface area contributed by atoms with Crippen molar-refractivity contribution in [2.75, 3.05) is 19.0 Å². The third kappa shape index (κ3) is 5.37. The Morgan fingerprint density at radius 2 is 2.00 bits per heavy atom. The molecule has 0 saturated heterocycles. The highest BCUT2D eigenvalue weighted by molar-refractivity contribution is 7.17. The fraction of sp³-hybridized carbons (Fsp3) is 0.440. The summed E-state index contributed by atoms with van der Waals surface area (Å²) in [5, 5.41) is 3.48. The number of ether oxygens (including phenoxy) is 2. The molecule has 6 heteroatoms. The number of fused-ring (bicyclic) bond motifs is 1. The number of hydrogen-bond donors (Lipinski definition) is 1. The van der Waals surface area contributed by atoms with E-state index in [9.17, 15) is 9.59 Å². The van der Waals surface area contributed by atoms with Crippen molar-refractivity contribution >= 4 is 34.3 Å². The van der Waals surface area contributed by atoms with Crippen LogP contribution in [-0.4, -0.2) is 25.6 Å². The number of thiophene rings is 1. The Balaban J connectivity index is 1.84. The normalized spacial score (nSPS) is 16.1. The van der Waals surface area contributed by atoms with E-state index in [-0.39, 0.29) is 11.3 Å². The molecular formula is C25H31NO4S. The molecule has 0 aliphatic heterocycles. The number of hydrogen-bond acceptors (Lipinski definition) is 5. The van der Waals surface area contributed by atoms with Crippen molar-refractivity contribution in [1.29, 1.82) is 0 Å². The highest BCUT2D eigenvalue weighted by Gasteiger charge is 2.34. The van der Waals surface area contributed by atoms with E-state index in [2.05, 4.69) is 26.1 Å². The quantitative estimate of drug-likeness (QED) is 0.459. The molecule has 1 aliphatic carbocycles. The standard InChI is InChI=1S/C25H31NO4S/c1-6-30-19-10-8-7-9-16(19)11-14-21(27)26-23-22(24(28)29-5)18-13-12-17(25(2,3)4)15-20(18)31-23/h7-11,14,17H,6,12-13,15H2,1-5H3,(H,26,27)/b14-11+. The van der Waals surface area contributed by atoms with Gasteiger partial charge in [-0.2, -0.15) is 0 Å². The Morgan fingerprint density at radius 1 is 1.26 bits per heavy atom. The molecule has 1 amide bonds. The van der Waals surface area contributed by atoms with E-state index in [4.69, 9.17) is 9.47 Å². The molecule has 1 N–H and O–H groups in total. The SMILES string of the molecule is CCOc1ccccc1/C=C/C(=O)Nc1sc2c(c1C(=O)OC)CCC(C(C)(C)C)C2. The van der Waals surface area contributed by atoms with Crippen LogP contribution in [0.15, 0.2) is 30.3 Å². The van der Waals surface area contributed by atoms with Crippen molar-refractivity contribution in [2.45, 2.75) is 47.0 Å². The van der Waals surface area contributed by atoms with E-state index in [0.717, 1.165) is 36.1 Å². The van der Waals surface area contributed by atoms with Crippen LogP contribution in [0.5, 0.6) is 5.75 Å². The van der Waals surface area contributed by atoms with Gasteiger partial charge in [0.25, 0.3) is 0 Å². The minimum absolute atomic E-state index is 0.202. The van der Waals surface area contributed by atoms with Crippen molar-refractivity contribution in [2.24, 2.45) is 11.3 Å². The van der Waals surface area contributed by atoms with E-state index < -0.39 is 5.97 Å². The van der Waals surface area contributed by atoms with Crippen LogP contribution in [-0.2, 0) is 22.4 Å². The molecule has 0 fully saturated rings. The summed E-state index contributed by atoms with van der Waals surface area (Å²) in [6, 6.07) is 7.56. The number of esters is 1. The predicted octanol–water partition coefficient (Wildman–Crippen LogP) is 5.74. The summed E-state index contributed by atoms with van der Waals surface area (Å²) in [6.07, 6.45) is 5.96. The van der Waals surface area contributed by atoms with E-state index in [1.54, 1.807) is 6.08 Å². The zero-order valence-electron chi connectivity index (χ0n) is 18.9. The van der Waals surface area contributed by atoms with Crippen LogP contribution in [0.25, 0.3) is 6.08 Å². The fourth-order valence-corrected chi connectivity index (χ4v) is 5.27.